The van der Waals surface area contributed by atoms with E-state index in [1.165, 1.54) is 17.0 Å². The van der Waals surface area contributed by atoms with Crippen molar-refractivity contribution in [3.05, 3.63) is 82.8 Å². The Morgan fingerprint density at radius 2 is 1.77 bits per heavy atom. The summed E-state index contributed by atoms with van der Waals surface area (Å²) in [6, 6.07) is 13.5. The molecule has 0 saturated heterocycles. The summed E-state index contributed by atoms with van der Waals surface area (Å²) in [4.78, 5) is 24.6. The molecule has 6 nitrogen and oxygen atoms in total. The Hall–Kier alpha value is -3.16. The molecular formula is C23H24ClFN2O4. The van der Waals surface area contributed by atoms with Crippen molar-refractivity contribution >= 4 is 34.4 Å². The van der Waals surface area contributed by atoms with Gasteiger partial charge in [0.1, 0.15) is 5.82 Å². The van der Waals surface area contributed by atoms with Gasteiger partial charge in [-0.1, -0.05) is 35.9 Å². The first-order chi connectivity index (χ1) is 14.7. The molecule has 164 valence electrons. The average Bonchev–Trinajstić information content (AvgIpc) is 3.13. The summed E-state index contributed by atoms with van der Waals surface area (Å²) >= 11 is 5.94. The highest BCUT2D eigenvalue weighted by atomic mass is 35.5. The summed E-state index contributed by atoms with van der Waals surface area (Å²) in [5.74, 6) is -2.88. The summed E-state index contributed by atoms with van der Waals surface area (Å²) in [6.45, 7) is 0. The van der Waals surface area contributed by atoms with Crippen molar-refractivity contribution in [3.8, 4) is 0 Å². The molecule has 3 aromatic rings. The number of carboxylic acids is 2. The smallest absolute Gasteiger partial charge is 0.328 e. The Kier molecular flexibility index (Phi) is 8.78. The Morgan fingerprint density at radius 1 is 1.13 bits per heavy atom. The first-order valence-electron chi connectivity index (χ1n) is 9.49. The number of aliphatic carboxylic acids is 2. The molecule has 0 spiro atoms. The molecule has 0 fully saturated rings. The summed E-state index contributed by atoms with van der Waals surface area (Å²) in [5, 5.41) is 17.1. The quantitative estimate of drug-likeness (QED) is 0.448. The molecule has 3 rings (SSSR count). The molecule has 0 amide bonds. The molecular weight excluding hydrogens is 423 g/mol. The number of carbonyl (C=O) groups is 2. The van der Waals surface area contributed by atoms with Crippen molar-refractivity contribution < 1.29 is 24.2 Å². The lowest BCUT2D eigenvalue weighted by Gasteiger charge is -2.25. The van der Waals surface area contributed by atoms with Gasteiger partial charge in [-0.25, -0.2) is 14.0 Å². The van der Waals surface area contributed by atoms with Crippen LogP contribution in [0.4, 0.5) is 4.39 Å². The maximum absolute atomic E-state index is 13.4. The third kappa shape index (κ3) is 7.24. The SMILES string of the molecule is CN(C)C(CCc1c[nH]c2ccccc12)c1ccc(F)c(Cl)c1.O=C(O)/C=C/C(=O)O. The summed E-state index contributed by atoms with van der Waals surface area (Å²) < 4.78 is 13.4. The number of aromatic nitrogens is 1. The Morgan fingerprint density at radius 3 is 2.35 bits per heavy atom. The lowest BCUT2D eigenvalue weighted by molar-refractivity contribution is -0.134. The van der Waals surface area contributed by atoms with Crippen LogP contribution in [-0.2, 0) is 16.0 Å². The van der Waals surface area contributed by atoms with Gasteiger partial charge in [-0.2, -0.15) is 0 Å². The van der Waals surface area contributed by atoms with E-state index in [1.807, 2.05) is 26.2 Å². The Bertz CT molecular complexity index is 1060. The average molecular weight is 447 g/mol. The van der Waals surface area contributed by atoms with E-state index in [0.29, 0.717) is 12.2 Å². The molecule has 0 aliphatic heterocycles. The number of halogens is 2. The predicted molar refractivity (Wildman–Crippen MR) is 119 cm³/mol. The van der Waals surface area contributed by atoms with Crippen LogP contribution in [0.2, 0.25) is 5.02 Å². The third-order valence-electron chi connectivity index (χ3n) is 4.68. The Labute approximate surface area is 184 Å². The molecule has 0 bridgehead atoms. The number of para-hydroxylation sites is 1. The van der Waals surface area contributed by atoms with Gasteiger partial charge in [0.2, 0.25) is 0 Å². The lowest BCUT2D eigenvalue weighted by atomic mass is 9.98. The monoisotopic (exact) mass is 446 g/mol. The summed E-state index contributed by atoms with van der Waals surface area (Å²) in [6.07, 6.45) is 5.08. The third-order valence-corrected chi connectivity index (χ3v) is 4.97. The van der Waals surface area contributed by atoms with Crippen molar-refractivity contribution in [1.29, 1.82) is 0 Å². The number of nitrogens with zero attached hydrogens (tertiary/aromatic N) is 1. The molecule has 0 aliphatic carbocycles. The van der Waals surface area contributed by atoms with Crippen LogP contribution in [0, 0.1) is 5.82 Å². The summed E-state index contributed by atoms with van der Waals surface area (Å²) in [7, 11) is 4.08. The van der Waals surface area contributed by atoms with E-state index in [9.17, 15) is 14.0 Å². The van der Waals surface area contributed by atoms with Crippen LogP contribution >= 0.6 is 11.6 Å². The molecule has 1 aromatic heterocycles. The fourth-order valence-corrected chi connectivity index (χ4v) is 3.40. The van der Waals surface area contributed by atoms with Gasteiger partial charge in [0.15, 0.2) is 0 Å². The van der Waals surface area contributed by atoms with Crippen LogP contribution < -0.4 is 0 Å². The number of nitrogens with one attached hydrogen (secondary N) is 1. The zero-order chi connectivity index (χ0) is 23.0. The fourth-order valence-electron chi connectivity index (χ4n) is 3.22. The zero-order valence-electron chi connectivity index (χ0n) is 17.2. The number of hydrogen-bond acceptors (Lipinski definition) is 3. The molecule has 31 heavy (non-hydrogen) atoms. The minimum atomic E-state index is -1.26. The van der Waals surface area contributed by atoms with Gasteiger partial charge in [0.25, 0.3) is 0 Å². The number of benzene rings is 2. The normalized spacial score (nSPS) is 12.0. The van der Waals surface area contributed by atoms with E-state index in [2.05, 4.69) is 34.3 Å². The van der Waals surface area contributed by atoms with Crippen molar-refractivity contribution in [2.24, 2.45) is 0 Å². The topological polar surface area (TPSA) is 93.6 Å². The van der Waals surface area contributed by atoms with Crippen LogP contribution in [0.5, 0.6) is 0 Å². The maximum Gasteiger partial charge on any atom is 0.328 e. The number of hydrogen-bond donors (Lipinski definition) is 3. The van der Waals surface area contributed by atoms with E-state index in [-0.39, 0.29) is 16.9 Å². The first kappa shape index (κ1) is 24.1. The predicted octanol–water partition coefficient (Wildman–Crippen LogP) is 4.91. The molecule has 2 aromatic carbocycles. The number of H-pyrrole nitrogens is 1. The highest BCUT2D eigenvalue weighted by molar-refractivity contribution is 6.30. The molecule has 0 aliphatic rings. The number of carboxylic acid groups (broad SMARTS) is 2. The number of rotatable bonds is 7. The number of fused-ring (bicyclic) bond motifs is 1. The minimum absolute atomic E-state index is 0.182. The molecule has 1 atom stereocenters. The van der Waals surface area contributed by atoms with Gasteiger partial charge < -0.3 is 20.1 Å². The largest absolute Gasteiger partial charge is 0.478 e. The van der Waals surface area contributed by atoms with Crippen LogP contribution in [-0.4, -0.2) is 46.1 Å². The molecule has 3 N–H and O–H groups in total. The molecule has 1 heterocycles. The van der Waals surface area contributed by atoms with Crippen LogP contribution in [0.1, 0.15) is 23.6 Å². The molecule has 8 heteroatoms. The molecule has 0 radical (unpaired) electrons. The second kappa shape index (κ2) is 11.3. The van der Waals surface area contributed by atoms with Crippen molar-refractivity contribution in [2.45, 2.75) is 18.9 Å². The lowest BCUT2D eigenvalue weighted by Crippen LogP contribution is -2.20. The van der Waals surface area contributed by atoms with E-state index in [1.54, 1.807) is 6.07 Å². The first-order valence-corrected chi connectivity index (χ1v) is 9.87. The highest BCUT2D eigenvalue weighted by Crippen LogP contribution is 2.29. The van der Waals surface area contributed by atoms with E-state index in [4.69, 9.17) is 21.8 Å². The number of aryl methyl sites for hydroxylation is 1. The van der Waals surface area contributed by atoms with Gasteiger partial charge in [0.05, 0.1) is 5.02 Å². The van der Waals surface area contributed by atoms with Crippen LogP contribution in [0.3, 0.4) is 0 Å². The van der Waals surface area contributed by atoms with E-state index in [0.717, 1.165) is 23.9 Å². The van der Waals surface area contributed by atoms with Crippen LogP contribution in [0.25, 0.3) is 10.9 Å². The second-order valence-electron chi connectivity index (χ2n) is 7.06. The standard InChI is InChI=1S/C19H20ClFN2.C4H4O4/c1-23(2)19(13-7-9-17(21)16(20)11-13)10-8-14-12-22-18-6-4-3-5-15(14)18;5-3(6)1-2-4(7)8/h3-7,9,11-12,19,22H,8,10H2,1-2H3;1-2H,(H,5,6)(H,7,8)/b;2-1+. The van der Waals surface area contributed by atoms with Gasteiger partial charge >= 0.3 is 11.9 Å². The minimum Gasteiger partial charge on any atom is -0.478 e. The van der Waals surface area contributed by atoms with E-state index < -0.39 is 11.9 Å². The van der Waals surface area contributed by atoms with Crippen LogP contribution in [0.15, 0.2) is 60.8 Å². The van der Waals surface area contributed by atoms with Crippen molar-refractivity contribution in [1.82, 2.24) is 9.88 Å². The zero-order valence-corrected chi connectivity index (χ0v) is 17.9. The van der Waals surface area contributed by atoms with Crippen molar-refractivity contribution in [2.75, 3.05) is 14.1 Å². The van der Waals surface area contributed by atoms with Gasteiger partial charge in [-0.05, 0) is 56.3 Å². The number of aromatic amines is 1. The second-order valence-corrected chi connectivity index (χ2v) is 7.47. The van der Waals surface area contributed by atoms with Gasteiger partial charge in [-0.3, -0.25) is 0 Å². The fraction of sp³-hybridized carbons (Fsp3) is 0.217. The molecule has 0 saturated carbocycles. The molecule has 1 unspecified atom stereocenters. The maximum atomic E-state index is 13.4. The summed E-state index contributed by atoms with van der Waals surface area (Å²) in [5.41, 5.74) is 3.51. The van der Waals surface area contributed by atoms with Crippen molar-refractivity contribution in [3.63, 3.8) is 0 Å². The van der Waals surface area contributed by atoms with Gasteiger partial charge in [0, 0.05) is 35.3 Å². The van der Waals surface area contributed by atoms with Gasteiger partial charge in [-0.15, -0.1) is 0 Å². The Balaban J connectivity index is 0.000000366. The highest BCUT2D eigenvalue weighted by Gasteiger charge is 2.16. The van der Waals surface area contributed by atoms with E-state index >= 15 is 0 Å².